The number of hydrogen-bond acceptors (Lipinski definition) is 22. The van der Waals surface area contributed by atoms with Crippen LogP contribution < -0.4 is 103 Å². The summed E-state index contributed by atoms with van der Waals surface area (Å²) < 4.78 is 110. The molecule has 0 amide bonds. The van der Waals surface area contributed by atoms with Crippen LogP contribution in [0.1, 0.15) is 29.4 Å². The van der Waals surface area contributed by atoms with Gasteiger partial charge < -0.3 is 35.7 Å². The van der Waals surface area contributed by atoms with Crippen LogP contribution in [-0.2, 0) is 63.3 Å². The Labute approximate surface area is 305 Å². The van der Waals surface area contributed by atoms with Gasteiger partial charge in [0.2, 0.25) is 0 Å². The molecule has 26 nitrogen and oxygen atoms in total. The van der Waals surface area contributed by atoms with Gasteiger partial charge in [-0.25, -0.2) is 26.3 Å². The maximum Gasteiger partial charge on any atom is 1.00 e. The number of aliphatic hydroxyl groups excluding tert-OH is 2. The van der Waals surface area contributed by atoms with Gasteiger partial charge in [0.15, 0.2) is 0 Å². The van der Waals surface area contributed by atoms with Gasteiger partial charge in [0.1, 0.15) is 0 Å². The molecule has 14 N–H and O–H groups in total. The number of hydrogen-bond donors (Lipinski definition) is 8. The molecule has 37 heavy (non-hydrogen) atoms. The maximum absolute atomic E-state index is 9.42. The van der Waals surface area contributed by atoms with Crippen molar-refractivity contribution in [1.29, 1.82) is 0 Å². The maximum atomic E-state index is 9.42. The van der Waals surface area contributed by atoms with Gasteiger partial charge in [0, 0.05) is 31.8 Å². The van der Waals surface area contributed by atoms with Gasteiger partial charge in [-0.3, -0.25) is 13.0 Å². The summed E-state index contributed by atoms with van der Waals surface area (Å²) in [6.07, 6.45) is 0. The number of rotatable bonds is 5. The van der Waals surface area contributed by atoms with Crippen LogP contribution in [0.5, 0.6) is 0 Å². The standard InChI is InChI=1S/2CH4O.3CH4.2K.2H2O6S.H2O5S.H2O4S.3H2O.5H2/c2*1-2;;;;;;2*1-5-7(3,4)6-2;1-5-6(2,3)4;1-5(2,3)4;;;;;;;;/h2*2H,1H3;3*1H4;;;2*1-2H;1H,(H,2,3,4);(H2,1,2,3,4);3*1H2;5*1H/q;;;;;2*+1;;;;;;;;;;;;/p-2. The Kier molecular flexibility index (Phi) is 132. The van der Waals surface area contributed by atoms with Gasteiger partial charge >= 0.3 is 134 Å². The minimum Gasteiger partial charge on any atom is -0.759 e. The van der Waals surface area contributed by atoms with E-state index in [0.717, 1.165) is 14.2 Å². The van der Waals surface area contributed by atoms with Crippen LogP contribution in [0.2, 0.25) is 0 Å². The summed E-state index contributed by atoms with van der Waals surface area (Å²) in [5, 5.41) is 49.9. The molecule has 0 aliphatic carbocycles. The summed E-state index contributed by atoms with van der Waals surface area (Å²) >= 11 is 0. The molecule has 0 spiro atoms. The predicted octanol–water partition coefficient (Wildman–Crippen LogP) is -9.75. The third kappa shape index (κ3) is 168. The molecule has 0 aliphatic heterocycles. The van der Waals surface area contributed by atoms with Crippen LogP contribution in [0.25, 0.3) is 0 Å². The first kappa shape index (κ1) is 90.1. The first-order valence-corrected chi connectivity index (χ1v) is 9.86. The SMILES string of the molecule is C.C.C.CO.CO.O.O.O.O=S(=O)(O)OO.O=S(=O)(OO)OO.O=S(=O)(OO)OO.O=S(=O)([O-])[O-].[HH].[HH].[HH].[HH].[HH].[K+].[K+]. The Bertz CT molecular complexity index is 688. The molecule has 0 radical (unpaired) electrons. The molecule has 0 saturated carbocycles. The van der Waals surface area contributed by atoms with E-state index in [1.165, 1.54) is 0 Å². The van der Waals surface area contributed by atoms with E-state index in [2.05, 4.69) is 21.7 Å². The average Bonchev–Trinajstić information content (AvgIpc) is 2.64. The Hall–Kier alpha value is 2.35. The second kappa shape index (κ2) is 54.4. The molecular formula is C5H42K2O26S4. The second-order valence-electron chi connectivity index (χ2n) is 2.03. The molecule has 0 aromatic heterocycles. The summed E-state index contributed by atoms with van der Waals surface area (Å²) in [6, 6.07) is 0. The van der Waals surface area contributed by atoms with Crippen molar-refractivity contribution in [3.63, 3.8) is 0 Å². The zero-order valence-corrected chi connectivity index (χ0v) is 26.3. The Morgan fingerprint density at radius 1 is 0.514 bits per heavy atom. The van der Waals surface area contributed by atoms with E-state index in [4.69, 9.17) is 67.0 Å². The fourth-order valence-corrected chi connectivity index (χ4v) is 0.0816. The molecule has 0 atom stereocenters. The average molecular weight is 725 g/mol. The minimum atomic E-state index is -5.17. The van der Waals surface area contributed by atoms with E-state index >= 15 is 0 Å². The summed E-state index contributed by atoms with van der Waals surface area (Å²) in [4.78, 5) is 0. The van der Waals surface area contributed by atoms with Gasteiger partial charge in [0.25, 0.3) is 0 Å². The van der Waals surface area contributed by atoms with E-state index in [1.807, 2.05) is 0 Å². The summed E-state index contributed by atoms with van der Waals surface area (Å²) in [5.74, 6) is 0. The van der Waals surface area contributed by atoms with E-state index in [-0.39, 0.29) is 149 Å². The van der Waals surface area contributed by atoms with Crippen LogP contribution in [0.3, 0.4) is 0 Å². The first-order valence-electron chi connectivity index (χ1n) is 4.49. The molecule has 0 rings (SSSR count). The molecule has 0 aliphatic rings. The molecule has 0 unspecified atom stereocenters. The third-order valence-electron chi connectivity index (χ3n) is 0.459. The van der Waals surface area contributed by atoms with Gasteiger partial charge in [-0.1, -0.05) is 43.9 Å². The fraction of sp³-hybridized carbons (Fsp3) is 1.00. The third-order valence-corrected chi connectivity index (χ3v) is 1.38. The first-order chi connectivity index (χ1) is 12.8. The molecule has 0 bridgehead atoms. The van der Waals surface area contributed by atoms with E-state index in [9.17, 15) is 16.8 Å². The largest absolute Gasteiger partial charge is 1.00 e. The monoisotopic (exact) mass is 724 g/mol. The van der Waals surface area contributed by atoms with Crippen molar-refractivity contribution in [3.8, 4) is 0 Å². The molecular weight excluding hydrogens is 682 g/mol. The van der Waals surface area contributed by atoms with Gasteiger partial charge in [-0.15, -0.1) is 0 Å². The number of aliphatic hydroxyl groups is 2. The minimum absolute atomic E-state index is 0. The van der Waals surface area contributed by atoms with Crippen LogP contribution in [-0.4, -0.2) is 114 Å². The molecule has 32 heteroatoms. The van der Waals surface area contributed by atoms with Crippen molar-refractivity contribution in [1.82, 2.24) is 0 Å². The van der Waals surface area contributed by atoms with Gasteiger partial charge in [-0.05, 0) is 0 Å². The van der Waals surface area contributed by atoms with Crippen molar-refractivity contribution in [3.05, 3.63) is 0 Å². The Balaban J connectivity index is -0.00000000866. The zero-order valence-electron chi connectivity index (χ0n) is 16.8. The normalized spacial score (nSPS) is 8.22. The zero-order chi connectivity index (χ0) is 25.5. The summed E-state index contributed by atoms with van der Waals surface area (Å²) in [6.45, 7) is 0. The Morgan fingerprint density at radius 3 is 0.595 bits per heavy atom. The van der Waals surface area contributed by atoms with Gasteiger partial charge in [-0.2, -0.15) is 25.3 Å². The van der Waals surface area contributed by atoms with E-state index in [1.54, 1.807) is 0 Å². The van der Waals surface area contributed by atoms with Crippen molar-refractivity contribution >= 4 is 41.6 Å². The topological polar surface area (TPSA) is 485 Å². The van der Waals surface area contributed by atoms with Crippen molar-refractivity contribution in [2.75, 3.05) is 14.2 Å². The summed E-state index contributed by atoms with van der Waals surface area (Å²) in [7, 11) is -16.9. The second-order valence-corrected chi connectivity index (χ2v) is 6.08. The van der Waals surface area contributed by atoms with Crippen molar-refractivity contribution in [2.24, 2.45) is 0 Å². The quantitative estimate of drug-likeness (QED) is 0.0429. The van der Waals surface area contributed by atoms with Crippen LogP contribution in [0.4, 0.5) is 0 Å². The molecule has 0 fully saturated rings. The smallest absolute Gasteiger partial charge is 0.759 e. The summed E-state index contributed by atoms with van der Waals surface area (Å²) in [5.41, 5.74) is 0. The van der Waals surface area contributed by atoms with Crippen LogP contribution in [0.15, 0.2) is 0 Å². The molecule has 244 valence electrons. The van der Waals surface area contributed by atoms with Crippen molar-refractivity contribution in [2.45, 2.75) is 22.3 Å². The van der Waals surface area contributed by atoms with Gasteiger partial charge in [0.05, 0.1) is 0 Å². The fourth-order valence-electron chi connectivity index (χ4n) is 0.0272. The molecule has 0 saturated heterocycles. The predicted molar refractivity (Wildman–Crippen MR) is 116 cm³/mol. The van der Waals surface area contributed by atoms with Crippen LogP contribution in [0, 0.1) is 0 Å². The Morgan fingerprint density at radius 2 is 0.595 bits per heavy atom. The molecule has 0 aromatic rings. The van der Waals surface area contributed by atoms with E-state index in [0.29, 0.717) is 0 Å². The molecule has 0 aromatic carbocycles. The van der Waals surface area contributed by atoms with E-state index < -0.39 is 41.6 Å². The van der Waals surface area contributed by atoms with Crippen LogP contribution >= 0.6 is 0 Å². The molecule has 0 heterocycles. The van der Waals surface area contributed by atoms with Crippen molar-refractivity contribution < 1.29 is 232 Å².